The van der Waals surface area contributed by atoms with Crippen molar-refractivity contribution in [2.24, 2.45) is 0 Å². The predicted molar refractivity (Wildman–Crippen MR) is 136 cm³/mol. The highest BCUT2D eigenvalue weighted by Crippen LogP contribution is 2.37. The summed E-state index contributed by atoms with van der Waals surface area (Å²) in [6, 6.07) is 19.3. The highest BCUT2D eigenvalue weighted by Gasteiger charge is 2.48. The number of nitrogens with zero attached hydrogens (tertiary/aromatic N) is 1. The molecule has 0 spiro atoms. The molecule has 2 heterocycles. The van der Waals surface area contributed by atoms with Crippen LogP contribution in [0.25, 0.3) is 0 Å². The number of carbonyl (C=O) groups excluding carboxylic acids is 1. The number of carbonyl (C=O) groups is 1. The van der Waals surface area contributed by atoms with Gasteiger partial charge in [0.15, 0.2) is 0 Å². The molecule has 0 bridgehead atoms. The zero-order valence-corrected chi connectivity index (χ0v) is 20.6. The molecule has 34 heavy (non-hydrogen) atoms. The fraction of sp³-hybridized carbons (Fsp3) is 0.552. The normalized spacial score (nSPS) is 21.8. The number of esters is 1. The van der Waals surface area contributed by atoms with E-state index in [-0.39, 0.29) is 5.97 Å². The van der Waals surface area contributed by atoms with Gasteiger partial charge in [-0.05, 0) is 94.8 Å². The van der Waals surface area contributed by atoms with Gasteiger partial charge in [-0.25, -0.2) is 0 Å². The summed E-state index contributed by atoms with van der Waals surface area (Å²) in [4.78, 5) is 15.9. The van der Waals surface area contributed by atoms with Crippen LogP contribution in [0.1, 0.15) is 56.6 Å². The van der Waals surface area contributed by atoms with Crippen molar-refractivity contribution < 1.29 is 14.3 Å². The zero-order valence-electron chi connectivity index (χ0n) is 20.6. The van der Waals surface area contributed by atoms with Gasteiger partial charge in [0, 0.05) is 12.5 Å². The SMILES string of the molecule is CCOC(=O)C1(CCc2ccc(OCCc3ccccc3)cc2)CCCCN1C1CCNCC1. The van der Waals surface area contributed by atoms with Crippen LogP contribution >= 0.6 is 0 Å². The molecule has 184 valence electrons. The van der Waals surface area contributed by atoms with E-state index >= 15 is 0 Å². The molecule has 0 aliphatic carbocycles. The Morgan fingerprint density at radius 3 is 2.47 bits per heavy atom. The number of aryl methyl sites for hydroxylation is 1. The molecule has 0 amide bonds. The minimum absolute atomic E-state index is 0.0194. The average Bonchev–Trinajstić information content (AvgIpc) is 2.89. The third kappa shape index (κ3) is 6.19. The van der Waals surface area contributed by atoms with Crippen molar-refractivity contribution in [2.75, 3.05) is 32.8 Å². The van der Waals surface area contributed by atoms with E-state index in [4.69, 9.17) is 9.47 Å². The maximum absolute atomic E-state index is 13.4. The molecule has 0 radical (unpaired) electrons. The van der Waals surface area contributed by atoms with Gasteiger partial charge in [0.1, 0.15) is 11.3 Å². The Bertz CT molecular complexity index is 880. The molecule has 5 heteroatoms. The van der Waals surface area contributed by atoms with Crippen LogP contribution in [0.2, 0.25) is 0 Å². The number of hydrogen-bond donors (Lipinski definition) is 1. The van der Waals surface area contributed by atoms with Gasteiger partial charge in [0.2, 0.25) is 0 Å². The molecular weight excluding hydrogens is 424 g/mol. The van der Waals surface area contributed by atoms with Gasteiger partial charge >= 0.3 is 5.97 Å². The van der Waals surface area contributed by atoms with Crippen molar-refractivity contribution in [2.45, 2.75) is 69.9 Å². The molecule has 0 saturated carbocycles. The summed E-state index contributed by atoms with van der Waals surface area (Å²) in [6.07, 6.45) is 7.95. The Balaban J connectivity index is 1.39. The lowest BCUT2D eigenvalue weighted by Gasteiger charge is -2.50. The zero-order chi connectivity index (χ0) is 23.6. The highest BCUT2D eigenvalue weighted by molar-refractivity contribution is 5.81. The van der Waals surface area contributed by atoms with Crippen molar-refractivity contribution in [3.63, 3.8) is 0 Å². The summed E-state index contributed by atoms with van der Waals surface area (Å²) in [5.41, 5.74) is 2.03. The summed E-state index contributed by atoms with van der Waals surface area (Å²) in [7, 11) is 0. The lowest BCUT2D eigenvalue weighted by atomic mass is 9.79. The number of benzene rings is 2. The molecule has 2 aliphatic heterocycles. The second-order valence-corrected chi connectivity index (χ2v) is 9.61. The first-order valence-corrected chi connectivity index (χ1v) is 13.1. The van der Waals surface area contributed by atoms with Crippen LogP contribution in [0.5, 0.6) is 5.75 Å². The monoisotopic (exact) mass is 464 g/mol. The van der Waals surface area contributed by atoms with Crippen LogP contribution in [-0.2, 0) is 22.4 Å². The molecule has 2 fully saturated rings. The number of rotatable bonds is 10. The van der Waals surface area contributed by atoms with Gasteiger partial charge in [0.05, 0.1) is 13.2 Å². The van der Waals surface area contributed by atoms with Crippen molar-refractivity contribution >= 4 is 5.97 Å². The third-order valence-corrected chi connectivity index (χ3v) is 7.45. The minimum atomic E-state index is -0.499. The Hall–Kier alpha value is -2.37. The second kappa shape index (κ2) is 12.4. The topological polar surface area (TPSA) is 50.8 Å². The largest absolute Gasteiger partial charge is 0.493 e. The highest BCUT2D eigenvalue weighted by atomic mass is 16.5. The first-order chi connectivity index (χ1) is 16.7. The van der Waals surface area contributed by atoms with Gasteiger partial charge in [-0.2, -0.15) is 0 Å². The first kappa shape index (κ1) is 24.7. The van der Waals surface area contributed by atoms with Crippen LogP contribution < -0.4 is 10.1 Å². The van der Waals surface area contributed by atoms with Gasteiger partial charge in [-0.15, -0.1) is 0 Å². The van der Waals surface area contributed by atoms with Gasteiger partial charge in [-0.1, -0.05) is 42.5 Å². The summed E-state index contributed by atoms with van der Waals surface area (Å²) >= 11 is 0. The third-order valence-electron chi connectivity index (χ3n) is 7.45. The fourth-order valence-electron chi connectivity index (χ4n) is 5.60. The summed E-state index contributed by atoms with van der Waals surface area (Å²) in [5.74, 6) is 0.878. The lowest BCUT2D eigenvalue weighted by Crippen LogP contribution is -2.62. The van der Waals surface area contributed by atoms with Crippen molar-refractivity contribution in [3.05, 3.63) is 65.7 Å². The molecule has 2 saturated heterocycles. The number of nitrogens with one attached hydrogen (secondary N) is 1. The fourth-order valence-corrected chi connectivity index (χ4v) is 5.60. The molecule has 1 atom stereocenters. The summed E-state index contributed by atoms with van der Waals surface area (Å²) < 4.78 is 11.6. The first-order valence-electron chi connectivity index (χ1n) is 13.1. The second-order valence-electron chi connectivity index (χ2n) is 9.61. The van der Waals surface area contributed by atoms with E-state index in [2.05, 4.69) is 58.7 Å². The van der Waals surface area contributed by atoms with Gasteiger partial charge in [-0.3, -0.25) is 9.69 Å². The summed E-state index contributed by atoms with van der Waals surface area (Å²) in [6.45, 7) is 6.09. The minimum Gasteiger partial charge on any atom is -0.493 e. The molecular formula is C29H40N2O3. The average molecular weight is 465 g/mol. The Kier molecular flexibility index (Phi) is 9.00. The number of likely N-dealkylation sites (tertiary alicyclic amines) is 1. The standard InChI is InChI=1S/C29H40N2O3/c1-2-33-28(32)29(18-6-7-22-31(29)26-15-20-30-21-16-26)19-14-25-10-12-27(13-11-25)34-23-17-24-8-4-3-5-9-24/h3-5,8-13,26,30H,2,6-7,14-23H2,1H3. The molecule has 0 aromatic heterocycles. The van der Waals surface area contributed by atoms with Crippen LogP contribution in [0, 0.1) is 0 Å². The van der Waals surface area contributed by atoms with Crippen molar-refractivity contribution in [1.82, 2.24) is 10.2 Å². The summed E-state index contributed by atoms with van der Waals surface area (Å²) in [5, 5.41) is 3.47. The maximum atomic E-state index is 13.4. The maximum Gasteiger partial charge on any atom is 0.326 e. The van der Waals surface area contributed by atoms with E-state index in [1.54, 1.807) is 0 Å². The molecule has 2 aromatic rings. The van der Waals surface area contributed by atoms with Crippen LogP contribution in [-0.4, -0.2) is 55.3 Å². The Morgan fingerprint density at radius 2 is 1.74 bits per heavy atom. The van der Waals surface area contributed by atoms with E-state index in [1.807, 2.05) is 13.0 Å². The van der Waals surface area contributed by atoms with Gasteiger partial charge in [0.25, 0.3) is 0 Å². The van der Waals surface area contributed by atoms with Gasteiger partial charge < -0.3 is 14.8 Å². The molecule has 4 rings (SSSR count). The van der Waals surface area contributed by atoms with Crippen LogP contribution in [0.4, 0.5) is 0 Å². The molecule has 1 N–H and O–H groups in total. The lowest BCUT2D eigenvalue weighted by molar-refractivity contribution is -0.164. The van der Waals surface area contributed by atoms with E-state index in [9.17, 15) is 4.79 Å². The van der Waals surface area contributed by atoms with Crippen LogP contribution in [0.3, 0.4) is 0 Å². The van der Waals surface area contributed by atoms with Crippen molar-refractivity contribution in [3.8, 4) is 5.75 Å². The number of ether oxygens (including phenoxy) is 2. The molecule has 2 aliphatic rings. The van der Waals surface area contributed by atoms with Crippen LogP contribution in [0.15, 0.2) is 54.6 Å². The smallest absolute Gasteiger partial charge is 0.326 e. The Labute approximate surface area is 204 Å². The van der Waals surface area contributed by atoms with Crippen molar-refractivity contribution in [1.29, 1.82) is 0 Å². The van der Waals surface area contributed by atoms with E-state index in [1.165, 1.54) is 17.5 Å². The predicted octanol–water partition coefficient (Wildman–Crippen LogP) is 4.78. The molecule has 2 aromatic carbocycles. The quantitative estimate of drug-likeness (QED) is 0.513. The number of hydrogen-bond acceptors (Lipinski definition) is 5. The molecule has 1 unspecified atom stereocenters. The van der Waals surface area contributed by atoms with E-state index < -0.39 is 5.54 Å². The Morgan fingerprint density at radius 1 is 1.00 bits per heavy atom. The van der Waals surface area contributed by atoms with E-state index in [0.29, 0.717) is 19.3 Å². The molecule has 5 nitrogen and oxygen atoms in total. The number of piperidine rings is 2. The van der Waals surface area contributed by atoms with E-state index in [0.717, 1.165) is 70.3 Å².